The van der Waals surface area contributed by atoms with E-state index in [9.17, 15) is 4.79 Å². The molecule has 0 atom stereocenters. The van der Waals surface area contributed by atoms with Crippen molar-refractivity contribution >= 4 is 11.8 Å². The summed E-state index contributed by atoms with van der Waals surface area (Å²) in [6, 6.07) is 12.3. The number of amides is 2. The molecule has 23 heavy (non-hydrogen) atoms. The minimum atomic E-state index is -0.0635. The highest BCUT2D eigenvalue weighted by Gasteiger charge is 2.21. The van der Waals surface area contributed by atoms with Crippen LogP contribution in [0.15, 0.2) is 42.6 Å². The molecule has 6 nitrogen and oxygen atoms in total. The zero-order valence-electron chi connectivity index (χ0n) is 13.5. The molecule has 0 radical (unpaired) electrons. The molecule has 2 aromatic rings. The molecule has 122 valence electrons. The van der Waals surface area contributed by atoms with Gasteiger partial charge in [-0.05, 0) is 12.0 Å². The van der Waals surface area contributed by atoms with Crippen molar-refractivity contribution in [2.24, 2.45) is 7.05 Å². The second kappa shape index (κ2) is 7.28. The molecule has 6 heteroatoms. The van der Waals surface area contributed by atoms with Crippen LogP contribution in [0, 0.1) is 0 Å². The minimum absolute atomic E-state index is 0.0635. The maximum Gasteiger partial charge on any atom is 0.323 e. The van der Waals surface area contributed by atoms with E-state index in [2.05, 4.69) is 39.6 Å². The first-order valence-electron chi connectivity index (χ1n) is 8.02. The number of nitrogens with one attached hydrogen (secondary N) is 1. The number of anilines is 1. The average molecular weight is 313 g/mol. The van der Waals surface area contributed by atoms with Gasteiger partial charge in [0.1, 0.15) is 0 Å². The lowest BCUT2D eigenvalue weighted by molar-refractivity contribution is 0.148. The summed E-state index contributed by atoms with van der Waals surface area (Å²) in [5.74, 6) is 0.601. The predicted molar refractivity (Wildman–Crippen MR) is 90.4 cm³/mol. The van der Waals surface area contributed by atoms with Gasteiger partial charge in [-0.15, -0.1) is 0 Å². The Bertz CT molecular complexity index is 631. The number of hydrogen-bond acceptors (Lipinski definition) is 3. The molecule has 1 aliphatic rings. The summed E-state index contributed by atoms with van der Waals surface area (Å²) in [4.78, 5) is 16.5. The zero-order chi connectivity index (χ0) is 16.1. The smallest absolute Gasteiger partial charge is 0.322 e. The minimum Gasteiger partial charge on any atom is -0.322 e. The third kappa shape index (κ3) is 4.32. The first-order chi connectivity index (χ1) is 11.2. The van der Waals surface area contributed by atoms with Gasteiger partial charge in [0.15, 0.2) is 5.82 Å². The van der Waals surface area contributed by atoms with Gasteiger partial charge in [0.05, 0.1) is 0 Å². The first-order valence-corrected chi connectivity index (χ1v) is 8.02. The van der Waals surface area contributed by atoms with Crippen molar-refractivity contribution in [3.05, 3.63) is 48.2 Å². The van der Waals surface area contributed by atoms with E-state index in [1.54, 1.807) is 10.7 Å². The molecule has 0 saturated carbocycles. The van der Waals surface area contributed by atoms with Gasteiger partial charge in [0.25, 0.3) is 0 Å². The maximum absolute atomic E-state index is 12.2. The summed E-state index contributed by atoms with van der Waals surface area (Å²) >= 11 is 0. The lowest BCUT2D eigenvalue weighted by Gasteiger charge is -2.34. The fourth-order valence-electron chi connectivity index (χ4n) is 2.78. The van der Waals surface area contributed by atoms with E-state index in [0.29, 0.717) is 5.82 Å². The lowest BCUT2D eigenvalue weighted by Crippen LogP contribution is -2.50. The molecule has 0 spiro atoms. The van der Waals surface area contributed by atoms with Crippen LogP contribution in [0.5, 0.6) is 0 Å². The number of carbonyl (C=O) groups is 1. The van der Waals surface area contributed by atoms with Gasteiger partial charge in [-0.2, -0.15) is 5.10 Å². The molecule has 0 aliphatic carbocycles. The number of aryl methyl sites for hydroxylation is 1. The molecular formula is C17H23N5O. The van der Waals surface area contributed by atoms with Crippen molar-refractivity contribution in [3.8, 4) is 0 Å². The molecular weight excluding hydrogens is 290 g/mol. The number of nitrogens with zero attached hydrogens (tertiary/aromatic N) is 4. The van der Waals surface area contributed by atoms with Crippen molar-refractivity contribution in [1.29, 1.82) is 0 Å². The number of piperazine rings is 1. The standard InChI is InChI=1S/C17H23N5O/c1-20-9-8-16(19-20)18-17(23)22-13-11-21(12-14-22)10-7-15-5-3-2-4-6-15/h2-6,8-9H,7,10-14H2,1H3,(H,18,19,23). The van der Waals surface area contributed by atoms with Crippen LogP contribution in [0.1, 0.15) is 5.56 Å². The molecule has 1 N–H and O–H groups in total. The number of benzene rings is 1. The molecule has 1 aliphatic heterocycles. The highest BCUT2D eigenvalue weighted by molar-refractivity contribution is 5.88. The molecule has 0 unspecified atom stereocenters. The highest BCUT2D eigenvalue weighted by Crippen LogP contribution is 2.08. The van der Waals surface area contributed by atoms with Crippen LogP contribution in [-0.2, 0) is 13.5 Å². The van der Waals surface area contributed by atoms with Gasteiger partial charge in [0.2, 0.25) is 0 Å². The first kappa shape index (κ1) is 15.6. The number of rotatable bonds is 4. The molecule has 1 aromatic heterocycles. The van der Waals surface area contributed by atoms with Crippen molar-refractivity contribution in [2.45, 2.75) is 6.42 Å². The van der Waals surface area contributed by atoms with Gasteiger partial charge in [-0.3, -0.25) is 14.9 Å². The second-order valence-corrected chi connectivity index (χ2v) is 5.87. The molecule has 1 fully saturated rings. The Labute approximate surface area is 136 Å². The summed E-state index contributed by atoms with van der Waals surface area (Å²) in [6.07, 6.45) is 2.87. The van der Waals surface area contributed by atoms with E-state index in [-0.39, 0.29) is 6.03 Å². The largest absolute Gasteiger partial charge is 0.323 e. The monoisotopic (exact) mass is 313 g/mol. The van der Waals surface area contributed by atoms with Crippen LogP contribution < -0.4 is 5.32 Å². The Morgan fingerprint density at radius 3 is 2.52 bits per heavy atom. The fourth-order valence-corrected chi connectivity index (χ4v) is 2.78. The van der Waals surface area contributed by atoms with Gasteiger partial charge in [-0.1, -0.05) is 30.3 Å². The summed E-state index contributed by atoms with van der Waals surface area (Å²) in [7, 11) is 1.83. The highest BCUT2D eigenvalue weighted by atomic mass is 16.2. The van der Waals surface area contributed by atoms with Crippen molar-refractivity contribution in [2.75, 3.05) is 38.0 Å². The summed E-state index contributed by atoms with van der Waals surface area (Å²) in [6.45, 7) is 4.39. The lowest BCUT2D eigenvalue weighted by atomic mass is 10.1. The Balaban J connectivity index is 1.42. The van der Waals surface area contributed by atoms with Gasteiger partial charge >= 0.3 is 6.03 Å². The van der Waals surface area contributed by atoms with Gasteiger partial charge in [-0.25, -0.2) is 4.79 Å². The Hall–Kier alpha value is -2.34. The van der Waals surface area contributed by atoms with E-state index in [4.69, 9.17) is 0 Å². The Kier molecular flexibility index (Phi) is 4.92. The molecule has 2 amide bonds. The number of hydrogen-bond donors (Lipinski definition) is 1. The summed E-state index contributed by atoms with van der Waals surface area (Å²) < 4.78 is 1.68. The van der Waals surface area contributed by atoms with Crippen LogP contribution in [-0.4, -0.2) is 58.3 Å². The predicted octanol–water partition coefficient (Wildman–Crippen LogP) is 1.81. The Morgan fingerprint density at radius 1 is 1.13 bits per heavy atom. The molecule has 3 rings (SSSR count). The van der Waals surface area contributed by atoms with Crippen LogP contribution in [0.4, 0.5) is 10.6 Å². The quantitative estimate of drug-likeness (QED) is 0.936. The number of urea groups is 1. The van der Waals surface area contributed by atoms with E-state index < -0.39 is 0 Å². The van der Waals surface area contributed by atoms with Crippen LogP contribution in [0.25, 0.3) is 0 Å². The third-order valence-corrected chi connectivity index (χ3v) is 4.17. The van der Waals surface area contributed by atoms with Crippen molar-refractivity contribution in [1.82, 2.24) is 19.6 Å². The topological polar surface area (TPSA) is 53.4 Å². The van der Waals surface area contributed by atoms with Gasteiger partial charge < -0.3 is 4.90 Å². The van der Waals surface area contributed by atoms with Crippen molar-refractivity contribution < 1.29 is 4.79 Å². The molecule has 0 bridgehead atoms. The molecule has 2 heterocycles. The second-order valence-electron chi connectivity index (χ2n) is 5.87. The van der Waals surface area contributed by atoms with Gasteiger partial charge in [0, 0.05) is 52.0 Å². The van der Waals surface area contributed by atoms with E-state index in [1.807, 2.05) is 24.2 Å². The third-order valence-electron chi connectivity index (χ3n) is 4.17. The molecule has 1 saturated heterocycles. The zero-order valence-corrected chi connectivity index (χ0v) is 13.5. The fraction of sp³-hybridized carbons (Fsp3) is 0.412. The van der Waals surface area contributed by atoms with Crippen LogP contribution >= 0.6 is 0 Å². The van der Waals surface area contributed by atoms with E-state index in [0.717, 1.165) is 39.1 Å². The van der Waals surface area contributed by atoms with Crippen LogP contribution in [0.3, 0.4) is 0 Å². The normalized spacial score (nSPS) is 15.6. The molecule has 1 aromatic carbocycles. The van der Waals surface area contributed by atoms with Crippen LogP contribution in [0.2, 0.25) is 0 Å². The number of carbonyl (C=O) groups excluding carboxylic acids is 1. The summed E-state index contributed by atoms with van der Waals surface area (Å²) in [5.41, 5.74) is 1.36. The Morgan fingerprint density at radius 2 is 1.87 bits per heavy atom. The number of aromatic nitrogens is 2. The average Bonchev–Trinajstić information content (AvgIpc) is 2.99. The maximum atomic E-state index is 12.2. The van der Waals surface area contributed by atoms with Crippen molar-refractivity contribution in [3.63, 3.8) is 0 Å². The van der Waals surface area contributed by atoms with E-state index >= 15 is 0 Å². The summed E-state index contributed by atoms with van der Waals surface area (Å²) in [5, 5.41) is 7.01. The van der Waals surface area contributed by atoms with E-state index in [1.165, 1.54) is 5.56 Å². The SMILES string of the molecule is Cn1ccc(NC(=O)N2CCN(CCc3ccccc3)CC2)n1.